The van der Waals surface area contributed by atoms with Crippen LogP contribution in [-0.2, 0) is 10.6 Å². The van der Waals surface area contributed by atoms with E-state index in [4.69, 9.17) is 32.7 Å². The maximum Gasteiger partial charge on any atom is 0.125 e. The van der Waals surface area contributed by atoms with Crippen LogP contribution in [-0.4, -0.2) is 19.8 Å². The number of halogens is 2. The molecule has 0 bridgehead atoms. The van der Waals surface area contributed by atoms with Crippen LogP contribution in [0.1, 0.15) is 25.8 Å². The van der Waals surface area contributed by atoms with Gasteiger partial charge >= 0.3 is 0 Å². The second kappa shape index (κ2) is 8.63. The van der Waals surface area contributed by atoms with Crippen molar-refractivity contribution in [1.82, 2.24) is 0 Å². The van der Waals surface area contributed by atoms with Crippen molar-refractivity contribution in [2.75, 3.05) is 19.8 Å². The fraction of sp³-hybridized carbons (Fsp3) is 0.571. The normalized spacial score (nSPS) is 10.9. The zero-order valence-electron chi connectivity index (χ0n) is 10.9. The van der Waals surface area contributed by atoms with E-state index in [2.05, 4.69) is 13.8 Å². The van der Waals surface area contributed by atoms with Crippen LogP contribution >= 0.6 is 23.2 Å². The summed E-state index contributed by atoms with van der Waals surface area (Å²) in [5, 5.41) is 0.642. The Hall–Kier alpha value is -0.440. The molecule has 1 aromatic carbocycles. The minimum atomic E-state index is 0.350. The van der Waals surface area contributed by atoms with E-state index < -0.39 is 0 Å². The van der Waals surface area contributed by atoms with E-state index in [0.29, 0.717) is 30.0 Å². The molecule has 0 fully saturated rings. The van der Waals surface area contributed by atoms with Crippen LogP contribution in [0.4, 0.5) is 0 Å². The van der Waals surface area contributed by atoms with Crippen molar-refractivity contribution in [3.8, 4) is 5.75 Å². The molecule has 2 nitrogen and oxygen atoms in total. The summed E-state index contributed by atoms with van der Waals surface area (Å²) in [6.07, 6.45) is 1.07. The number of benzene rings is 1. The molecule has 102 valence electrons. The minimum Gasteiger partial charge on any atom is -0.491 e. The van der Waals surface area contributed by atoms with E-state index in [1.165, 1.54) is 0 Å². The summed E-state index contributed by atoms with van der Waals surface area (Å²) in [5.74, 6) is 1.76. The van der Waals surface area contributed by atoms with Gasteiger partial charge in [-0.2, -0.15) is 0 Å². The van der Waals surface area contributed by atoms with Crippen LogP contribution < -0.4 is 4.74 Å². The highest BCUT2D eigenvalue weighted by Crippen LogP contribution is 2.27. The first-order chi connectivity index (χ1) is 8.65. The molecule has 0 heterocycles. The Bertz CT molecular complexity index is 354. The lowest BCUT2D eigenvalue weighted by molar-refractivity contribution is 0.0923. The maximum absolute atomic E-state index is 6.03. The Morgan fingerprint density at radius 2 is 1.94 bits per heavy atom. The molecular formula is C14H20Cl2O2. The molecule has 0 aliphatic heterocycles. The van der Waals surface area contributed by atoms with Crippen molar-refractivity contribution in [2.24, 2.45) is 5.92 Å². The van der Waals surface area contributed by atoms with Gasteiger partial charge in [0.25, 0.3) is 0 Å². The Balaban J connectivity index is 2.29. The monoisotopic (exact) mass is 290 g/mol. The molecule has 1 rings (SSSR count). The van der Waals surface area contributed by atoms with Crippen LogP contribution in [0.2, 0.25) is 5.02 Å². The lowest BCUT2D eigenvalue weighted by Crippen LogP contribution is -2.09. The molecule has 0 atom stereocenters. The summed E-state index contributed by atoms with van der Waals surface area (Å²) in [6.45, 7) is 6.24. The van der Waals surface area contributed by atoms with Gasteiger partial charge in [0, 0.05) is 17.2 Å². The Kier molecular flexibility index (Phi) is 7.48. The molecule has 0 unspecified atom stereocenters. The van der Waals surface area contributed by atoms with Gasteiger partial charge in [-0.05, 0) is 24.5 Å². The van der Waals surface area contributed by atoms with Gasteiger partial charge in [0.15, 0.2) is 0 Å². The molecular weight excluding hydrogens is 271 g/mol. The van der Waals surface area contributed by atoms with E-state index in [0.717, 1.165) is 24.3 Å². The summed E-state index contributed by atoms with van der Waals surface area (Å²) in [7, 11) is 0. The quantitative estimate of drug-likeness (QED) is 0.518. The van der Waals surface area contributed by atoms with Crippen molar-refractivity contribution in [3.05, 3.63) is 28.8 Å². The molecule has 0 aromatic heterocycles. The van der Waals surface area contributed by atoms with Gasteiger partial charge < -0.3 is 9.47 Å². The second-order valence-electron chi connectivity index (χ2n) is 4.49. The number of hydrogen-bond acceptors (Lipinski definition) is 2. The van der Waals surface area contributed by atoms with Crippen molar-refractivity contribution < 1.29 is 9.47 Å². The third-order valence-electron chi connectivity index (χ3n) is 2.53. The number of ether oxygens (including phenoxy) is 2. The SMILES string of the molecule is CC(C)CCOCCOc1cccc(Cl)c1CCl. The molecule has 0 radical (unpaired) electrons. The van der Waals surface area contributed by atoms with Crippen molar-refractivity contribution >= 4 is 23.2 Å². The average molecular weight is 291 g/mol. The predicted molar refractivity (Wildman–Crippen MR) is 76.8 cm³/mol. The molecule has 0 spiro atoms. The number of hydrogen-bond donors (Lipinski definition) is 0. The Morgan fingerprint density at radius 3 is 2.61 bits per heavy atom. The van der Waals surface area contributed by atoms with Gasteiger partial charge in [-0.1, -0.05) is 31.5 Å². The number of rotatable bonds is 8. The predicted octanol–water partition coefficient (Wildman–Crippen LogP) is 4.52. The average Bonchev–Trinajstić information content (AvgIpc) is 2.33. The Morgan fingerprint density at radius 1 is 1.17 bits per heavy atom. The topological polar surface area (TPSA) is 18.5 Å². The fourth-order valence-electron chi connectivity index (χ4n) is 1.44. The summed E-state index contributed by atoms with van der Waals surface area (Å²) in [5.41, 5.74) is 0.836. The zero-order valence-corrected chi connectivity index (χ0v) is 12.4. The van der Waals surface area contributed by atoms with Crippen LogP contribution in [0.15, 0.2) is 18.2 Å². The van der Waals surface area contributed by atoms with E-state index in [-0.39, 0.29) is 0 Å². The summed E-state index contributed by atoms with van der Waals surface area (Å²) >= 11 is 11.9. The van der Waals surface area contributed by atoms with Crippen molar-refractivity contribution in [2.45, 2.75) is 26.1 Å². The van der Waals surface area contributed by atoms with Gasteiger partial charge in [-0.25, -0.2) is 0 Å². The van der Waals surface area contributed by atoms with E-state index in [1.54, 1.807) is 0 Å². The molecule has 0 amide bonds. The molecule has 0 N–H and O–H groups in total. The van der Waals surface area contributed by atoms with Gasteiger partial charge in [-0.15, -0.1) is 11.6 Å². The first-order valence-corrected chi connectivity index (χ1v) is 7.10. The highest BCUT2D eigenvalue weighted by Gasteiger charge is 2.06. The van der Waals surface area contributed by atoms with Crippen LogP contribution in [0.25, 0.3) is 0 Å². The zero-order chi connectivity index (χ0) is 13.4. The molecule has 4 heteroatoms. The molecule has 0 aliphatic rings. The van der Waals surface area contributed by atoms with Crippen molar-refractivity contribution in [1.29, 1.82) is 0 Å². The third kappa shape index (κ3) is 5.47. The fourth-order valence-corrected chi connectivity index (χ4v) is 2.01. The summed E-state index contributed by atoms with van der Waals surface area (Å²) < 4.78 is 11.1. The van der Waals surface area contributed by atoms with Gasteiger partial charge in [-0.3, -0.25) is 0 Å². The first kappa shape index (κ1) is 15.6. The van der Waals surface area contributed by atoms with Crippen LogP contribution in [0.5, 0.6) is 5.75 Å². The summed E-state index contributed by atoms with van der Waals surface area (Å²) in [4.78, 5) is 0. The molecule has 18 heavy (non-hydrogen) atoms. The van der Waals surface area contributed by atoms with E-state index in [9.17, 15) is 0 Å². The maximum atomic E-state index is 6.03. The lowest BCUT2D eigenvalue weighted by atomic mass is 10.1. The van der Waals surface area contributed by atoms with E-state index in [1.807, 2.05) is 18.2 Å². The Labute approximate surface area is 119 Å². The van der Waals surface area contributed by atoms with Gasteiger partial charge in [0.2, 0.25) is 0 Å². The third-order valence-corrected chi connectivity index (χ3v) is 3.16. The molecule has 0 saturated heterocycles. The standard InChI is InChI=1S/C14H20Cl2O2/c1-11(2)6-7-17-8-9-18-14-5-3-4-13(16)12(14)10-15/h3-5,11H,6-10H2,1-2H3. The van der Waals surface area contributed by atoms with Crippen LogP contribution in [0.3, 0.4) is 0 Å². The highest BCUT2D eigenvalue weighted by molar-refractivity contribution is 6.32. The molecule has 1 aromatic rings. The smallest absolute Gasteiger partial charge is 0.125 e. The highest BCUT2D eigenvalue weighted by atomic mass is 35.5. The second-order valence-corrected chi connectivity index (χ2v) is 5.17. The largest absolute Gasteiger partial charge is 0.491 e. The van der Waals surface area contributed by atoms with Gasteiger partial charge in [0.05, 0.1) is 12.5 Å². The minimum absolute atomic E-state index is 0.350. The molecule has 0 aliphatic carbocycles. The molecule has 0 saturated carbocycles. The van der Waals surface area contributed by atoms with E-state index >= 15 is 0 Å². The first-order valence-electron chi connectivity index (χ1n) is 6.19. The van der Waals surface area contributed by atoms with Crippen LogP contribution in [0, 0.1) is 5.92 Å². The van der Waals surface area contributed by atoms with Gasteiger partial charge in [0.1, 0.15) is 12.4 Å². The van der Waals surface area contributed by atoms with Crippen molar-refractivity contribution in [3.63, 3.8) is 0 Å². The lowest BCUT2D eigenvalue weighted by Gasteiger charge is -2.11. The number of alkyl halides is 1. The summed E-state index contributed by atoms with van der Waals surface area (Å²) in [6, 6.07) is 5.54.